The molecule has 2 heteroatoms. The summed E-state index contributed by atoms with van der Waals surface area (Å²) < 4.78 is 0. The number of nitrogens with one attached hydrogen (secondary N) is 1. The lowest BCUT2D eigenvalue weighted by molar-refractivity contribution is 0.287. The van der Waals surface area contributed by atoms with Crippen molar-refractivity contribution in [2.45, 2.75) is 26.7 Å². The molecular weight excluding hydrogens is 112 g/mol. The summed E-state index contributed by atoms with van der Waals surface area (Å²) in [5.41, 5.74) is 7.06. The fourth-order valence-electron chi connectivity index (χ4n) is 0.731. The predicted molar refractivity (Wildman–Crippen MR) is 40.1 cm³/mol. The molecular formula is C7H17N2. The maximum Gasteiger partial charge on any atom is 0.0615 e. The van der Waals surface area contributed by atoms with Crippen LogP contribution in [0.4, 0.5) is 0 Å². The van der Waals surface area contributed by atoms with Crippen LogP contribution in [-0.4, -0.2) is 24.7 Å². The third-order valence-electron chi connectivity index (χ3n) is 1.50. The fraction of sp³-hybridized carbons (Fsp3) is 1.00. The van der Waals surface area contributed by atoms with E-state index in [0.29, 0.717) is 6.67 Å². The molecule has 0 fully saturated rings. The van der Waals surface area contributed by atoms with E-state index >= 15 is 0 Å². The largest absolute Gasteiger partial charge is 0.290 e. The lowest BCUT2D eigenvalue weighted by Crippen LogP contribution is -2.26. The van der Waals surface area contributed by atoms with E-state index in [2.05, 4.69) is 18.7 Å². The van der Waals surface area contributed by atoms with Crippen molar-refractivity contribution < 1.29 is 0 Å². The fourth-order valence-corrected chi connectivity index (χ4v) is 0.731. The zero-order chi connectivity index (χ0) is 7.11. The van der Waals surface area contributed by atoms with Crippen LogP contribution >= 0.6 is 0 Å². The summed E-state index contributed by atoms with van der Waals surface area (Å²) >= 11 is 0. The van der Waals surface area contributed by atoms with E-state index < -0.39 is 0 Å². The first-order valence-electron chi connectivity index (χ1n) is 3.72. The van der Waals surface area contributed by atoms with Crippen molar-refractivity contribution in [2.24, 2.45) is 0 Å². The van der Waals surface area contributed by atoms with Gasteiger partial charge in [-0.05, 0) is 19.5 Å². The molecule has 0 saturated carbocycles. The van der Waals surface area contributed by atoms with Crippen molar-refractivity contribution in [1.29, 1.82) is 0 Å². The molecule has 0 aromatic rings. The topological polar surface area (TPSA) is 27.0 Å². The molecule has 0 aliphatic heterocycles. The molecule has 2 nitrogen and oxygen atoms in total. The van der Waals surface area contributed by atoms with E-state index in [1.54, 1.807) is 0 Å². The number of unbranched alkanes of at least 4 members (excludes halogenated alkanes) is 1. The van der Waals surface area contributed by atoms with Gasteiger partial charge in [0.25, 0.3) is 0 Å². The predicted octanol–water partition coefficient (Wildman–Crippen LogP) is 1.35. The van der Waals surface area contributed by atoms with Gasteiger partial charge in [0.05, 0.1) is 6.67 Å². The monoisotopic (exact) mass is 129 g/mol. The highest BCUT2D eigenvalue weighted by Crippen LogP contribution is 1.91. The number of nitrogens with zero attached hydrogens (tertiary/aromatic N) is 1. The van der Waals surface area contributed by atoms with Gasteiger partial charge >= 0.3 is 0 Å². The summed E-state index contributed by atoms with van der Waals surface area (Å²) in [5, 5.41) is 0. The Balaban J connectivity index is 3.09. The van der Waals surface area contributed by atoms with Gasteiger partial charge in [0.2, 0.25) is 0 Å². The molecule has 0 saturated heterocycles. The normalized spacial score (nSPS) is 10.7. The average molecular weight is 129 g/mol. The highest BCUT2D eigenvalue weighted by atomic mass is 15.2. The van der Waals surface area contributed by atoms with Crippen molar-refractivity contribution in [2.75, 3.05) is 19.8 Å². The number of hydrogen-bond acceptors (Lipinski definition) is 1. The quantitative estimate of drug-likeness (QED) is 0.550. The molecule has 55 valence electrons. The van der Waals surface area contributed by atoms with Gasteiger partial charge in [-0.1, -0.05) is 20.3 Å². The molecule has 0 rings (SSSR count). The van der Waals surface area contributed by atoms with Crippen LogP contribution in [0, 0.1) is 0 Å². The van der Waals surface area contributed by atoms with E-state index in [-0.39, 0.29) is 0 Å². The average Bonchev–Trinajstić information content (AvgIpc) is 1.91. The van der Waals surface area contributed by atoms with Gasteiger partial charge in [-0.2, -0.15) is 0 Å². The third-order valence-corrected chi connectivity index (χ3v) is 1.50. The lowest BCUT2D eigenvalue weighted by atomic mass is 10.3. The molecule has 0 aliphatic rings. The maximum atomic E-state index is 7.06. The van der Waals surface area contributed by atoms with Crippen LogP contribution in [0.2, 0.25) is 0 Å². The Labute approximate surface area is 58.0 Å². The lowest BCUT2D eigenvalue weighted by Gasteiger charge is -2.15. The minimum Gasteiger partial charge on any atom is -0.290 e. The van der Waals surface area contributed by atoms with Crippen LogP contribution in [0.3, 0.4) is 0 Å². The summed E-state index contributed by atoms with van der Waals surface area (Å²) in [6.07, 6.45) is 2.46. The van der Waals surface area contributed by atoms with Gasteiger partial charge in [-0.25, -0.2) is 5.73 Å². The molecule has 0 aromatic carbocycles. The van der Waals surface area contributed by atoms with Crippen molar-refractivity contribution in [3.63, 3.8) is 0 Å². The second-order valence-corrected chi connectivity index (χ2v) is 2.22. The summed E-state index contributed by atoms with van der Waals surface area (Å²) in [5.74, 6) is 0. The Bertz CT molecular complexity index is 50.9. The molecule has 1 radical (unpaired) electrons. The summed E-state index contributed by atoms with van der Waals surface area (Å²) in [7, 11) is 0. The summed E-state index contributed by atoms with van der Waals surface area (Å²) in [4.78, 5) is 2.13. The maximum absolute atomic E-state index is 7.06. The van der Waals surface area contributed by atoms with Crippen molar-refractivity contribution in [3.8, 4) is 0 Å². The van der Waals surface area contributed by atoms with Gasteiger partial charge in [0.15, 0.2) is 0 Å². The molecule has 0 bridgehead atoms. The Kier molecular flexibility index (Phi) is 5.99. The molecule has 0 atom stereocenters. The van der Waals surface area contributed by atoms with E-state index in [9.17, 15) is 0 Å². The van der Waals surface area contributed by atoms with E-state index in [4.69, 9.17) is 5.73 Å². The highest BCUT2D eigenvalue weighted by Gasteiger charge is 1.95. The summed E-state index contributed by atoms with van der Waals surface area (Å²) in [6, 6.07) is 0. The highest BCUT2D eigenvalue weighted by molar-refractivity contribution is 4.48. The number of rotatable bonds is 5. The standard InChI is InChI=1S/C7H17N2/c1-3-5-6-9(4-2)7-8/h8H,3-7H2,1-2H3. The van der Waals surface area contributed by atoms with Crippen molar-refractivity contribution >= 4 is 0 Å². The van der Waals surface area contributed by atoms with Crippen molar-refractivity contribution in [3.05, 3.63) is 0 Å². The van der Waals surface area contributed by atoms with Gasteiger partial charge in [0, 0.05) is 0 Å². The zero-order valence-corrected chi connectivity index (χ0v) is 6.48. The van der Waals surface area contributed by atoms with Gasteiger partial charge in [-0.15, -0.1) is 0 Å². The minimum atomic E-state index is 0.455. The molecule has 9 heavy (non-hydrogen) atoms. The molecule has 0 aliphatic carbocycles. The van der Waals surface area contributed by atoms with Gasteiger partial charge < -0.3 is 0 Å². The molecule has 0 amide bonds. The second-order valence-electron chi connectivity index (χ2n) is 2.22. The van der Waals surface area contributed by atoms with Crippen LogP contribution in [0.5, 0.6) is 0 Å². The smallest absolute Gasteiger partial charge is 0.0615 e. The zero-order valence-electron chi connectivity index (χ0n) is 6.48. The Morgan fingerprint density at radius 2 is 2.00 bits per heavy atom. The van der Waals surface area contributed by atoms with Gasteiger partial charge in [0.1, 0.15) is 0 Å². The van der Waals surface area contributed by atoms with Crippen LogP contribution in [0.1, 0.15) is 26.7 Å². The SMILES string of the molecule is CCCCN(CC)C[NH]. The minimum absolute atomic E-state index is 0.455. The van der Waals surface area contributed by atoms with E-state index in [1.165, 1.54) is 12.8 Å². The first-order chi connectivity index (χ1) is 4.35. The molecule has 0 aromatic heterocycles. The van der Waals surface area contributed by atoms with E-state index in [0.717, 1.165) is 13.1 Å². The molecule has 0 spiro atoms. The Hall–Kier alpha value is -0.0800. The summed E-state index contributed by atoms with van der Waals surface area (Å²) in [6.45, 7) is 6.85. The van der Waals surface area contributed by atoms with E-state index in [1.807, 2.05) is 0 Å². The van der Waals surface area contributed by atoms with Crippen molar-refractivity contribution in [1.82, 2.24) is 10.6 Å². The third kappa shape index (κ3) is 4.43. The van der Waals surface area contributed by atoms with Crippen LogP contribution in [0.15, 0.2) is 0 Å². The second kappa shape index (κ2) is 6.05. The molecule has 1 N–H and O–H groups in total. The number of hydrogen-bond donors (Lipinski definition) is 0. The van der Waals surface area contributed by atoms with Crippen LogP contribution < -0.4 is 5.73 Å². The molecule has 0 heterocycles. The molecule has 0 unspecified atom stereocenters. The van der Waals surface area contributed by atoms with Crippen LogP contribution in [-0.2, 0) is 0 Å². The first kappa shape index (κ1) is 8.92. The van der Waals surface area contributed by atoms with Gasteiger partial charge in [-0.3, -0.25) is 4.90 Å². The van der Waals surface area contributed by atoms with Crippen LogP contribution in [0.25, 0.3) is 0 Å². The Morgan fingerprint density at radius 3 is 2.33 bits per heavy atom. The Morgan fingerprint density at radius 1 is 1.33 bits per heavy atom. The first-order valence-corrected chi connectivity index (χ1v) is 3.72.